The average molecular weight is 258 g/mol. The van der Waals surface area contributed by atoms with Gasteiger partial charge in [-0.05, 0) is 30.5 Å². The zero-order valence-electron chi connectivity index (χ0n) is 10.8. The van der Waals surface area contributed by atoms with Crippen LogP contribution in [0.3, 0.4) is 0 Å². The van der Waals surface area contributed by atoms with Gasteiger partial charge in [0.15, 0.2) is 0 Å². The topological polar surface area (TPSA) is 12.0 Å². The van der Waals surface area contributed by atoms with E-state index in [-0.39, 0.29) is 16.9 Å². The van der Waals surface area contributed by atoms with E-state index in [1.54, 1.807) is 6.07 Å². The summed E-state index contributed by atoms with van der Waals surface area (Å²) >= 11 is 6.04. The lowest BCUT2D eigenvalue weighted by atomic mass is 9.94. The van der Waals surface area contributed by atoms with E-state index in [4.69, 9.17) is 11.6 Å². The lowest BCUT2D eigenvalue weighted by Crippen LogP contribution is -2.23. The summed E-state index contributed by atoms with van der Waals surface area (Å²) in [4.78, 5) is 0. The first-order valence-electron chi connectivity index (χ1n) is 6.27. The number of halogens is 2. The van der Waals surface area contributed by atoms with Crippen LogP contribution < -0.4 is 5.32 Å². The molecule has 0 amide bonds. The highest BCUT2D eigenvalue weighted by atomic mass is 35.5. The second kappa shape index (κ2) is 6.97. The molecular formula is C14H21ClFN. The Labute approximate surface area is 108 Å². The minimum atomic E-state index is -0.337. The fourth-order valence-electron chi connectivity index (χ4n) is 1.93. The van der Waals surface area contributed by atoms with Crippen LogP contribution in [0.5, 0.6) is 0 Å². The molecule has 0 heterocycles. The molecule has 0 fully saturated rings. The summed E-state index contributed by atoms with van der Waals surface area (Å²) in [6.07, 6.45) is 2.10. The molecule has 17 heavy (non-hydrogen) atoms. The molecule has 96 valence electrons. The van der Waals surface area contributed by atoms with Crippen molar-refractivity contribution in [2.45, 2.75) is 39.7 Å². The monoisotopic (exact) mass is 257 g/mol. The molecule has 0 radical (unpaired) electrons. The summed E-state index contributed by atoms with van der Waals surface area (Å²) < 4.78 is 13.4. The van der Waals surface area contributed by atoms with Crippen molar-refractivity contribution in [2.24, 2.45) is 5.92 Å². The van der Waals surface area contributed by atoms with Crippen molar-refractivity contribution < 1.29 is 4.39 Å². The lowest BCUT2D eigenvalue weighted by molar-refractivity contribution is 0.407. The van der Waals surface area contributed by atoms with E-state index in [0.717, 1.165) is 24.9 Å². The zero-order chi connectivity index (χ0) is 12.8. The van der Waals surface area contributed by atoms with Crippen LogP contribution >= 0.6 is 11.6 Å². The Balaban J connectivity index is 2.92. The van der Waals surface area contributed by atoms with Crippen molar-refractivity contribution in [1.82, 2.24) is 5.32 Å². The minimum absolute atomic E-state index is 0.137. The van der Waals surface area contributed by atoms with E-state index >= 15 is 0 Å². The summed E-state index contributed by atoms with van der Waals surface area (Å²) in [5.74, 6) is 0.259. The van der Waals surface area contributed by atoms with E-state index in [1.807, 2.05) is 6.07 Å². The van der Waals surface area contributed by atoms with Crippen LogP contribution in [0, 0.1) is 11.7 Å². The quantitative estimate of drug-likeness (QED) is 0.787. The molecule has 0 aromatic heterocycles. The molecule has 1 nitrogen and oxygen atoms in total. The molecule has 0 aliphatic rings. The first-order chi connectivity index (χ1) is 8.10. The molecule has 0 aliphatic carbocycles. The maximum Gasteiger partial charge on any atom is 0.142 e. The Morgan fingerprint density at radius 3 is 2.65 bits per heavy atom. The van der Waals surface area contributed by atoms with Crippen LogP contribution in [0.1, 0.15) is 45.2 Å². The molecular weight excluding hydrogens is 237 g/mol. The number of nitrogens with one attached hydrogen (secondary N) is 1. The predicted octanol–water partition coefficient (Wildman–Crippen LogP) is 4.57. The second-order valence-corrected chi connectivity index (χ2v) is 4.88. The van der Waals surface area contributed by atoms with E-state index in [9.17, 15) is 4.39 Å². The van der Waals surface area contributed by atoms with E-state index < -0.39 is 0 Å². The maximum absolute atomic E-state index is 13.4. The number of benzene rings is 1. The van der Waals surface area contributed by atoms with Crippen LogP contribution in [0.2, 0.25) is 5.02 Å². The molecule has 0 saturated carbocycles. The van der Waals surface area contributed by atoms with Crippen LogP contribution in [-0.2, 0) is 0 Å². The number of hydrogen-bond acceptors (Lipinski definition) is 1. The van der Waals surface area contributed by atoms with E-state index in [1.165, 1.54) is 6.07 Å². The van der Waals surface area contributed by atoms with Crippen molar-refractivity contribution in [2.75, 3.05) is 6.54 Å². The fraction of sp³-hybridized carbons (Fsp3) is 0.571. The molecule has 0 bridgehead atoms. The van der Waals surface area contributed by atoms with Gasteiger partial charge in [0, 0.05) is 6.04 Å². The normalized spacial score (nSPS) is 14.6. The number of rotatable bonds is 6. The third kappa shape index (κ3) is 3.97. The van der Waals surface area contributed by atoms with Gasteiger partial charge in [-0.25, -0.2) is 4.39 Å². The van der Waals surface area contributed by atoms with Gasteiger partial charge < -0.3 is 5.32 Å². The van der Waals surface area contributed by atoms with Gasteiger partial charge in [0.05, 0.1) is 5.02 Å². The molecule has 1 rings (SSSR count). The van der Waals surface area contributed by atoms with Crippen molar-refractivity contribution in [3.05, 3.63) is 34.6 Å². The highest BCUT2D eigenvalue weighted by Crippen LogP contribution is 2.30. The van der Waals surface area contributed by atoms with Crippen LogP contribution in [0.4, 0.5) is 4.39 Å². The molecule has 0 saturated heterocycles. The molecule has 3 heteroatoms. The highest BCUT2D eigenvalue weighted by Gasteiger charge is 2.17. The molecule has 2 unspecified atom stereocenters. The second-order valence-electron chi connectivity index (χ2n) is 4.50. The molecule has 0 spiro atoms. The smallest absolute Gasteiger partial charge is 0.142 e. The fourth-order valence-corrected chi connectivity index (χ4v) is 2.18. The SMILES string of the molecule is CCNC(CC(C)CC)c1cccc(F)c1Cl. The Morgan fingerprint density at radius 1 is 1.35 bits per heavy atom. The predicted molar refractivity (Wildman–Crippen MR) is 71.9 cm³/mol. The van der Waals surface area contributed by atoms with Gasteiger partial charge in [-0.2, -0.15) is 0 Å². The van der Waals surface area contributed by atoms with Gasteiger partial charge in [-0.15, -0.1) is 0 Å². The third-order valence-electron chi connectivity index (χ3n) is 3.14. The molecule has 1 aromatic carbocycles. The summed E-state index contributed by atoms with van der Waals surface area (Å²) in [6, 6.07) is 5.16. The van der Waals surface area contributed by atoms with Gasteiger partial charge in [0.2, 0.25) is 0 Å². The van der Waals surface area contributed by atoms with Crippen LogP contribution in [0.15, 0.2) is 18.2 Å². The Bertz CT molecular complexity index is 354. The Morgan fingerprint density at radius 2 is 2.06 bits per heavy atom. The van der Waals surface area contributed by atoms with E-state index in [0.29, 0.717) is 5.92 Å². The lowest BCUT2D eigenvalue weighted by Gasteiger charge is -2.22. The minimum Gasteiger partial charge on any atom is -0.310 e. The Kier molecular flexibility index (Phi) is 5.93. The highest BCUT2D eigenvalue weighted by molar-refractivity contribution is 6.31. The average Bonchev–Trinajstić information content (AvgIpc) is 2.32. The first-order valence-corrected chi connectivity index (χ1v) is 6.65. The van der Waals surface area contributed by atoms with Gasteiger partial charge in [-0.3, -0.25) is 0 Å². The van der Waals surface area contributed by atoms with Crippen molar-refractivity contribution >= 4 is 11.6 Å². The van der Waals surface area contributed by atoms with Crippen LogP contribution in [-0.4, -0.2) is 6.54 Å². The molecule has 1 aromatic rings. The van der Waals surface area contributed by atoms with Crippen molar-refractivity contribution in [3.63, 3.8) is 0 Å². The zero-order valence-corrected chi connectivity index (χ0v) is 11.5. The summed E-state index contributed by atoms with van der Waals surface area (Å²) in [6.45, 7) is 7.28. The van der Waals surface area contributed by atoms with Crippen molar-refractivity contribution in [3.8, 4) is 0 Å². The number of hydrogen-bond donors (Lipinski definition) is 1. The molecule has 1 N–H and O–H groups in total. The van der Waals surface area contributed by atoms with Gasteiger partial charge in [0.1, 0.15) is 5.82 Å². The van der Waals surface area contributed by atoms with Crippen molar-refractivity contribution in [1.29, 1.82) is 0 Å². The summed E-state index contributed by atoms with van der Waals surface area (Å²) in [5, 5.41) is 3.63. The summed E-state index contributed by atoms with van der Waals surface area (Å²) in [7, 11) is 0. The summed E-state index contributed by atoms with van der Waals surface area (Å²) in [5.41, 5.74) is 0.869. The van der Waals surface area contributed by atoms with Crippen LogP contribution in [0.25, 0.3) is 0 Å². The third-order valence-corrected chi connectivity index (χ3v) is 3.54. The molecule has 0 aliphatic heterocycles. The Hall–Kier alpha value is -0.600. The molecule has 2 atom stereocenters. The van der Waals surface area contributed by atoms with E-state index in [2.05, 4.69) is 26.1 Å². The maximum atomic E-state index is 13.4. The van der Waals surface area contributed by atoms with Gasteiger partial charge in [0.25, 0.3) is 0 Å². The largest absolute Gasteiger partial charge is 0.310 e. The van der Waals surface area contributed by atoms with Gasteiger partial charge >= 0.3 is 0 Å². The van der Waals surface area contributed by atoms with Gasteiger partial charge in [-0.1, -0.05) is 50.9 Å². The first kappa shape index (κ1) is 14.5. The standard InChI is InChI=1S/C14H21ClFN/c1-4-10(3)9-13(17-5-2)11-7-6-8-12(16)14(11)15/h6-8,10,13,17H,4-5,9H2,1-3H3.